The topological polar surface area (TPSA) is 112 Å². The van der Waals surface area contributed by atoms with Crippen LogP contribution in [-0.4, -0.2) is 68.3 Å². The first kappa shape index (κ1) is 49.8. The van der Waals surface area contributed by atoms with Crippen molar-refractivity contribution < 1.29 is 37.6 Å². The SMILES string of the molecule is CCCCCCCC/C=C\CCCCCCCC(=O)O[C@@H](COC(=O)CCCCCCCCCCCCCCC)COP(=O)(O)OCCN(C)C. The molecule has 0 saturated heterocycles. The minimum Gasteiger partial charge on any atom is -0.462 e. The molecule has 10 heteroatoms. The summed E-state index contributed by atoms with van der Waals surface area (Å²) >= 11 is 0. The highest BCUT2D eigenvalue weighted by molar-refractivity contribution is 7.47. The summed E-state index contributed by atoms with van der Waals surface area (Å²) < 4.78 is 33.4. The third-order valence-electron chi connectivity index (χ3n) is 9.07. The molecular weight excluding hydrogens is 665 g/mol. The molecule has 0 aromatic heterocycles. The van der Waals surface area contributed by atoms with Crippen molar-refractivity contribution >= 4 is 19.8 Å². The molecule has 2 atom stereocenters. The Morgan fingerprint density at radius 3 is 1.45 bits per heavy atom. The number of allylic oxidation sites excluding steroid dienone is 2. The van der Waals surface area contributed by atoms with E-state index in [0.29, 0.717) is 19.4 Å². The van der Waals surface area contributed by atoms with Crippen LogP contribution in [0.2, 0.25) is 0 Å². The number of phosphoric ester groups is 1. The molecule has 0 aromatic rings. The first-order valence-electron chi connectivity index (χ1n) is 21.0. The van der Waals surface area contributed by atoms with Gasteiger partial charge in [0.15, 0.2) is 6.10 Å². The smallest absolute Gasteiger partial charge is 0.462 e. The third kappa shape index (κ3) is 38.3. The number of esters is 2. The molecule has 1 N–H and O–H groups in total. The number of hydrogen-bond acceptors (Lipinski definition) is 8. The molecule has 0 amide bonds. The van der Waals surface area contributed by atoms with Gasteiger partial charge in [0.2, 0.25) is 0 Å². The summed E-state index contributed by atoms with van der Waals surface area (Å²) in [5, 5.41) is 0. The van der Waals surface area contributed by atoms with E-state index in [1.807, 2.05) is 19.0 Å². The zero-order chi connectivity index (χ0) is 37.7. The lowest BCUT2D eigenvalue weighted by atomic mass is 10.0. The monoisotopic (exact) mass is 746 g/mol. The van der Waals surface area contributed by atoms with Crippen molar-refractivity contribution in [2.24, 2.45) is 0 Å². The molecule has 0 spiro atoms. The van der Waals surface area contributed by atoms with Gasteiger partial charge in [0, 0.05) is 19.4 Å². The van der Waals surface area contributed by atoms with E-state index in [9.17, 15) is 19.0 Å². The highest BCUT2D eigenvalue weighted by Crippen LogP contribution is 2.43. The highest BCUT2D eigenvalue weighted by Gasteiger charge is 2.26. The first-order chi connectivity index (χ1) is 24.7. The van der Waals surface area contributed by atoms with Crippen molar-refractivity contribution in [3.8, 4) is 0 Å². The van der Waals surface area contributed by atoms with E-state index in [4.69, 9.17) is 18.5 Å². The molecule has 0 aromatic carbocycles. The van der Waals surface area contributed by atoms with Crippen LogP contribution in [0, 0.1) is 0 Å². The van der Waals surface area contributed by atoms with Gasteiger partial charge in [-0.25, -0.2) is 4.57 Å². The summed E-state index contributed by atoms with van der Waals surface area (Å²) in [4.78, 5) is 36.9. The van der Waals surface area contributed by atoms with E-state index >= 15 is 0 Å². The van der Waals surface area contributed by atoms with Gasteiger partial charge in [0.05, 0.1) is 13.2 Å². The molecule has 9 nitrogen and oxygen atoms in total. The van der Waals surface area contributed by atoms with E-state index in [-0.39, 0.29) is 25.6 Å². The fraction of sp³-hybridized carbons (Fsp3) is 0.902. The molecule has 0 aliphatic heterocycles. The molecule has 0 heterocycles. The fourth-order valence-corrected chi connectivity index (χ4v) is 6.54. The number of carbonyl (C=O) groups excluding carboxylic acids is 2. The van der Waals surface area contributed by atoms with Crippen LogP contribution in [0.5, 0.6) is 0 Å². The number of ether oxygens (including phenoxy) is 2. The minimum atomic E-state index is -4.35. The van der Waals surface area contributed by atoms with Gasteiger partial charge in [-0.05, 0) is 52.6 Å². The summed E-state index contributed by atoms with van der Waals surface area (Å²) in [5.74, 6) is -0.805. The quantitative estimate of drug-likeness (QED) is 0.0284. The molecule has 0 radical (unpaired) electrons. The largest absolute Gasteiger partial charge is 0.472 e. The Hall–Kier alpha value is -1.25. The number of nitrogens with zero attached hydrogens (tertiary/aromatic N) is 1. The molecule has 1 unspecified atom stereocenters. The highest BCUT2D eigenvalue weighted by atomic mass is 31.2. The predicted octanol–water partition coefficient (Wildman–Crippen LogP) is 11.7. The van der Waals surface area contributed by atoms with Crippen molar-refractivity contribution in [3.63, 3.8) is 0 Å². The average molecular weight is 746 g/mol. The van der Waals surface area contributed by atoms with Gasteiger partial charge < -0.3 is 19.3 Å². The maximum absolute atomic E-state index is 12.6. The van der Waals surface area contributed by atoms with Gasteiger partial charge in [-0.2, -0.15) is 0 Å². The fourth-order valence-electron chi connectivity index (χ4n) is 5.80. The normalized spacial score (nSPS) is 13.5. The molecule has 0 fully saturated rings. The van der Waals surface area contributed by atoms with Gasteiger partial charge in [-0.15, -0.1) is 0 Å². The number of rotatable bonds is 39. The molecule has 302 valence electrons. The van der Waals surface area contributed by atoms with Gasteiger partial charge >= 0.3 is 19.8 Å². The number of likely N-dealkylation sites (N-methyl/N-ethyl adjacent to an activating group) is 1. The third-order valence-corrected chi connectivity index (χ3v) is 10.1. The summed E-state index contributed by atoms with van der Waals surface area (Å²) in [5.41, 5.74) is 0. The van der Waals surface area contributed by atoms with E-state index < -0.39 is 26.5 Å². The van der Waals surface area contributed by atoms with Crippen molar-refractivity contribution in [1.82, 2.24) is 4.90 Å². The van der Waals surface area contributed by atoms with E-state index in [1.165, 1.54) is 109 Å². The van der Waals surface area contributed by atoms with Crippen molar-refractivity contribution in [3.05, 3.63) is 12.2 Å². The number of hydrogen-bond donors (Lipinski definition) is 1. The number of phosphoric acid groups is 1. The maximum atomic E-state index is 12.6. The second kappa shape index (κ2) is 37.1. The summed E-state index contributed by atoms with van der Waals surface area (Å²) in [6, 6.07) is 0. The Kier molecular flexibility index (Phi) is 36.2. The van der Waals surface area contributed by atoms with Crippen LogP contribution in [-0.2, 0) is 32.7 Å². The summed E-state index contributed by atoms with van der Waals surface area (Å²) in [6.45, 7) is 4.32. The summed E-state index contributed by atoms with van der Waals surface area (Å²) in [7, 11) is -0.707. The Morgan fingerprint density at radius 1 is 0.588 bits per heavy atom. The molecule has 51 heavy (non-hydrogen) atoms. The van der Waals surface area contributed by atoms with E-state index in [2.05, 4.69) is 26.0 Å². The Labute approximate surface area is 314 Å². The molecule has 0 bridgehead atoms. The van der Waals surface area contributed by atoms with E-state index in [0.717, 1.165) is 51.4 Å². The average Bonchev–Trinajstić information content (AvgIpc) is 3.09. The van der Waals surface area contributed by atoms with Crippen LogP contribution in [0.15, 0.2) is 12.2 Å². The minimum absolute atomic E-state index is 0.00875. The summed E-state index contributed by atoms with van der Waals surface area (Å²) in [6.07, 6.45) is 35.3. The Morgan fingerprint density at radius 2 is 1.00 bits per heavy atom. The van der Waals surface area contributed by atoms with Crippen molar-refractivity contribution in [1.29, 1.82) is 0 Å². The second-order valence-electron chi connectivity index (χ2n) is 14.5. The van der Waals surface area contributed by atoms with Crippen LogP contribution >= 0.6 is 7.82 Å². The van der Waals surface area contributed by atoms with E-state index in [1.54, 1.807) is 0 Å². The Balaban J connectivity index is 4.31. The number of carbonyl (C=O) groups is 2. The molecular formula is C41H80NO8P. The van der Waals surface area contributed by atoms with Gasteiger partial charge in [0.25, 0.3) is 0 Å². The number of unbranched alkanes of at least 4 members (excludes halogenated alkanes) is 23. The second-order valence-corrected chi connectivity index (χ2v) is 16.0. The molecule has 0 aliphatic rings. The van der Waals surface area contributed by atoms with Crippen LogP contribution in [0.3, 0.4) is 0 Å². The Bertz CT molecular complexity index is 869. The van der Waals surface area contributed by atoms with Crippen molar-refractivity contribution in [2.45, 2.75) is 200 Å². The zero-order valence-electron chi connectivity index (χ0n) is 33.6. The molecule has 0 saturated carbocycles. The van der Waals surface area contributed by atoms with Crippen LogP contribution < -0.4 is 0 Å². The zero-order valence-corrected chi connectivity index (χ0v) is 34.5. The standard InChI is InChI=1S/C41H80NO8P/c1-5-7-9-11-13-15-17-19-20-22-24-26-28-30-32-34-41(44)50-39(38-49-51(45,46)48-36-35-42(3)4)37-47-40(43)33-31-29-27-25-23-21-18-16-14-12-10-8-6-2/h19-20,39H,5-18,21-38H2,1-4H3,(H,45,46)/b20-19-/t39-/m0/s1. The lowest BCUT2D eigenvalue weighted by Crippen LogP contribution is -2.29. The molecule has 0 aliphatic carbocycles. The van der Waals surface area contributed by atoms with Gasteiger partial charge in [-0.1, -0.05) is 154 Å². The molecule has 0 rings (SSSR count). The predicted molar refractivity (Wildman–Crippen MR) is 211 cm³/mol. The van der Waals surface area contributed by atoms with Crippen LogP contribution in [0.25, 0.3) is 0 Å². The van der Waals surface area contributed by atoms with Crippen molar-refractivity contribution in [2.75, 3.05) is 40.5 Å². The van der Waals surface area contributed by atoms with Gasteiger partial charge in [-0.3, -0.25) is 18.6 Å². The lowest BCUT2D eigenvalue weighted by Gasteiger charge is -2.20. The lowest BCUT2D eigenvalue weighted by molar-refractivity contribution is -0.161. The van der Waals surface area contributed by atoms with Gasteiger partial charge in [0.1, 0.15) is 6.61 Å². The van der Waals surface area contributed by atoms with Crippen LogP contribution in [0.1, 0.15) is 194 Å². The first-order valence-corrected chi connectivity index (χ1v) is 22.5. The maximum Gasteiger partial charge on any atom is 0.472 e. The van der Waals surface area contributed by atoms with Crippen LogP contribution in [0.4, 0.5) is 0 Å².